The van der Waals surface area contributed by atoms with Gasteiger partial charge in [-0.3, -0.25) is 5.10 Å². The monoisotopic (exact) mass is 333 g/mol. The summed E-state index contributed by atoms with van der Waals surface area (Å²) in [6.45, 7) is 3.91. The standard InChI is InChI=1S/C19H16FN5/c1-11-4-3-5-13(6-11)19-21-9-12(2)18(24-19)23-17-7-14-10-22-25-16(14)8-15(17)20/h3-10H,1-2H3,(H,22,25)(H,21,23,24). The van der Waals surface area contributed by atoms with E-state index >= 15 is 0 Å². The number of halogens is 1. The van der Waals surface area contributed by atoms with Crippen molar-refractivity contribution in [3.8, 4) is 11.4 Å². The van der Waals surface area contributed by atoms with Crippen LogP contribution in [0.25, 0.3) is 22.3 Å². The molecule has 4 rings (SSSR count). The molecule has 0 saturated carbocycles. The van der Waals surface area contributed by atoms with Crippen molar-refractivity contribution in [1.82, 2.24) is 20.2 Å². The number of nitrogens with zero attached hydrogens (tertiary/aromatic N) is 3. The van der Waals surface area contributed by atoms with Crippen LogP contribution in [-0.2, 0) is 0 Å². The summed E-state index contributed by atoms with van der Waals surface area (Å²) in [7, 11) is 0. The molecule has 0 aliphatic carbocycles. The molecule has 2 N–H and O–H groups in total. The number of aryl methyl sites for hydroxylation is 2. The molecule has 5 nitrogen and oxygen atoms in total. The Morgan fingerprint density at radius 2 is 1.96 bits per heavy atom. The zero-order chi connectivity index (χ0) is 17.4. The number of anilines is 2. The van der Waals surface area contributed by atoms with Crippen LogP contribution in [0.2, 0.25) is 0 Å². The van der Waals surface area contributed by atoms with Crippen LogP contribution in [0, 0.1) is 19.7 Å². The zero-order valence-electron chi connectivity index (χ0n) is 13.8. The number of hydrogen-bond donors (Lipinski definition) is 2. The Labute approximate surface area is 144 Å². The number of fused-ring (bicyclic) bond motifs is 1. The summed E-state index contributed by atoms with van der Waals surface area (Å²) in [5.41, 5.74) is 3.90. The van der Waals surface area contributed by atoms with Gasteiger partial charge in [0.2, 0.25) is 0 Å². The van der Waals surface area contributed by atoms with Crippen LogP contribution in [-0.4, -0.2) is 20.2 Å². The lowest BCUT2D eigenvalue weighted by molar-refractivity contribution is 0.633. The van der Waals surface area contributed by atoms with E-state index in [-0.39, 0.29) is 5.82 Å². The molecule has 4 aromatic rings. The van der Waals surface area contributed by atoms with Gasteiger partial charge in [-0.15, -0.1) is 0 Å². The van der Waals surface area contributed by atoms with E-state index in [0.717, 1.165) is 22.1 Å². The van der Waals surface area contributed by atoms with Crippen LogP contribution < -0.4 is 5.32 Å². The Hall–Kier alpha value is -3.28. The molecule has 0 bridgehead atoms. The molecule has 0 radical (unpaired) electrons. The van der Waals surface area contributed by atoms with E-state index in [2.05, 4.69) is 25.5 Å². The van der Waals surface area contributed by atoms with Gasteiger partial charge in [-0.2, -0.15) is 5.10 Å². The van der Waals surface area contributed by atoms with E-state index in [0.29, 0.717) is 22.8 Å². The van der Waals surface area contributed by atoms with E-state index in [4.69, 9.17) is 0 Å². The summed E-state index contributed by atoms with van der Waals surface area (Å²) in [6, 6.07) is 11.1. The fourth-order valence-electron chi connectivity index (χ4n) is 2.68. The van der Waals surface area contributed by atoms with Gasteiger partial charge in [-0.05, 0) is 26.0 Å². The summed E-state index contributed by atoms with van der Waals surface area (Å²) >= 11 is 0. The van der Waals surface area contributed by atoms with Crippen LogP contribution >= 0.6 is 0 Å². The quantitative estimate of drug-likeness (QED) is 0.578. The van der Waals surface area contributed by atoms with Gasteiger partial charge < -0.3 is 5.32 Å². The van der Waals surface area contributed by atoms with Crippen molar-refractivity contribution < 1.29 is 4.39 Å². The van der Waals surface area contributed by atoms with Crippen LogP contribution in [0.3, 0.4) is 0 Å². The minimum atomic E-state index is -0.369. The molecule has 25 heavy (non-hydrogen) atoms. The Morgan fingerprint density at radius 3 is 2.80 bits per heavy atom. The Bertz CT molecular complexity index is 1070. The summed E-state index contributed by atoms with van der Waals surface area (Å²) in [6.07, 6.45) is 3.40. The molecule has 2 heterocycles. The van der Waals surface area contributed by atoms with Crippen molar-refractivity contribution in [2.75, 3.05) is 5.32 Å². The Kier molecular flexibility index (Phi) is 3.65. The minimum Gasteiger partial charge on any atom is -0.337 e. The van der Waals surface area contributed by atoms with Crippen molar-refractivity contribution in [3.05, 3.63) is 65.7 Å². The first kappa shape index (κ1) is 15.3. The number of aromatic amines is 1. The molecular formula is C19H16FN5. The van der Waals surface area contributed by atoms with Gasteiger partial charge in [-0.1, -0.05) is 23.8 Å². The van der Waals surface area contributed by atoms with Crippen LogP contribution in [0.15, 0.2) is 48.8 Å². The maximum Gasteiger partial charge on any atom is 0.161 e. The Balaban J connectivity index is 1.74. The second-order valence-electron chi connectivity index (χ2n) is 6.01. The van der Waals surface area contributed by atoms with Gasteiger partial charge >= 0.3 is 0 Å². The highest BCUT2D eigenvalue weighted by molar-refractivity contribution is 5.83. The lowest BCUT2D eigenvalue weighted by Gasteiger charge is -2.11. The van der Waals surface area contributed by atoms with Crippen LogP contribution in [0.5, 0.6) is 0 Å². The average molecular weight is 333 g/mol. The van der Waals surface area contributed by atoms with Gasteiger partial charge in [0.15, 0.2) is 5.82 Å². The number of aromatic nitrogens is 4. The van der Waals surface area contributed by atoms with Gasteiger partial charge in [-0.25, -0.2) is 14.4 Å². The molecule has 124 valence electrons. The fourth-order valence-corrected chi connectivity index (χ4v) is 2.68. The first-order valence-electron chi connectivity index (χ1n) is 7.90. The normalized spacial score (nSPS) is 11.0. The van der Waals surface area contributed by atoms with Crippen molar-refractivity contribution in [2.24, 2.45) is 0 Å². The highest BCUT2D eigenvalue weighted by atomic mass is 19.1. The molecule has 2 aromatic heterocycles. The second kappa shape index (κ2) is 5.98. The van der Waals surface area contributed by atoms with Gasteiger partial charge in [0, 0.05) is 28.8 Å². The van der Waals surface area contributed by atoms with Gasteiger partial charge in [0.25, 0.3) is 0 Å². The third-order valence-corrected chi connectivity index (χ3v) is 4.03. The highest BCUT2D eigenvalue weighted by Gasteiger charge is 2.11. The number of rotatable bonds is 3. The number of hydrogen-bond acceptors (Lipinski definition) is 4. The van der Waals surface area contributed by atoms with Crippen LogP contribution in [0.4, 0.5) is 15.9 Å². The fraction of sp³-hybridized carbons (Fsp3) is 0.105. The molecule has 0 amide bonds. The van der Waals surface area contributed by atoms with E-state index in [1.807, 2.05) is 38.1 Å². The zero-order valence-corrected chi connectivity index (χ0v) is 13.8. The molecule has 0 fully saturated rings. The molecule has 0 aliphatic heterocycles. The SMILES string of the molecule is Cc1cccc(-c2ncc(C)c(Nc3cc4cn[nH]c4cc3F)n2)c1. The van der Waals surface area contributed by atoms with Crippen molar-refractivity contribution in [1.29, 1.82) is 0 Å². The van der Waals surface area contributed by atoms with Crippen LogP contribution in [0.1, 0.15) is 11.1 Å². The second-order valence-corrected chi connectivity index (χ2v) is 6.01. The Morgan fingerprint density at radius 1 is 1.08 bits per heavy atom. The topological polar surface area (TPSA) is 66.5 Å². The summed E-state index contributed by atoms with van der Waals surface area (Å²) in [5, 5.41) is 10.6. The van der Waals surface area contributed by atoms with Gasteiger partial charge in [0.05, 0.1) is 17.4 Å². The number of H-pyrrole nitrogens is 1. The van der Waals surface area contributed by atoms with E-state index in [9.17, 15) is 4.39 Å². The van der Waals surface area contributed by atoms with Gasteiger partial charge in [0.1, 0.15) is 11.6 Å². The lowest BCUT2D eigenvalue weighted by atomic mass is 10.1. The predicted molar refractivity (Wildman–Crippen MR) is 96.3 cm³/mol. The summed E-state index contributed by atoms with van der Waals surface area (Å²) < 4.78 is 14.3. The predicted octanol–water partition coefficient (Wildman–Crippen LogP) is 4.52. The van der Waals surface area contributed by atoms with E-state index in [1.54, 1.807) is 18.5 Å². The first-order valence-corrected chi connectivity index (χ1v) is 7.90. The van der Waals surface area contributed by atoms with E-state index in [1.165, 1.54) is 6.07 Å². The summed E-state index contributed by atoms with van der Waals surface area (Å²) in [5.74, 6) is 0.807. The maximum atomic E-state index is 14.3. The largest absolute Gasteiger partial charge is 0.337 e. The minimum absolute atomic E-state index is 0.353. The number of nitrogens with one attached hydrogen (secondary N) is 2. The maximum absolute atomic E-state index is 14.3. The average Bonchev–Trinajstić information content (AvgIpc) is 3.04. The highest BCUT2D eigenvalue weighted by Crippen LogP contribution is 2.26. The van der Waals surface area contributed by atoms with Crippen molar-refractivity contribution >= 4 is 22.4 Å². The third kappa shape index (κ3) is 2.94. The van der Waals surface area contributed by atoms with E-state index < -0.39 is 0 Å². The first-order chi connectivity index (χ1) is 12.1. The molecule has 0 aliphatic rings. The van der Waals surface area contributed by atoms with Crippen molar-refractivity contribution in [3.63, 3.8) is 0 Å². The smallest absolute Gasteiger partial charge is 0.161 e. The van der Waals surface area contributed by atoms with Crippen molar-refractivity contribution in [2.45, 2.75) is 13.8 Å². The molecule has 0 spiro atoms. The molecule has 0 saturated heterocycles. The lowest BCUT2D eigenvalue weighted by Crippen LogP contribution is -2.01. The molecule has 0 unspecified atom stereocenters. The molecule has 0 atom stereocenters. The molecule has 2 aromatic carbocycles. The third-order valence-electron chi connectivity index (χ3n) is 4.03. The summed E-state index contributed by atoms with van der Waals surface area (Å²) in [4.78, 5) is 8.97. The number of benzene rings is 2. The molecular weight excluding hydrogens is 317 g/mol. The molecule has 6 heteroatoms.